The number of amides is 1. The van der Waals surface area contributed by atoms with Crippen LogP contribution in [0.5, 0.6) is 0 Å². The predicted octanol–water partition coefficient (Wildman–Crippen LogP) is -0.191. The van der Waals surface area contributed by atoms with Gasteiger partial charge in [0.2, 0.25) is 5.91 Å². The highest BCUT2D eigenvalue weighted by Gasteiger charge is 2.01. The number of carbonyl (C=O) groups is 1. The topological polar surface area (TPSA) is 67.2 Å². The Morgan fingerprint density at radius 3 is 3.07 bits per heavy atom. The van der Waals surface area contributed by atoms with Crippen molar-refractivity contribution in [1.82, 2.24) is 15.1 Å². The summed E-state index contributed by atoms with van der Waals surface area (Å²) in [5.74, 6) is -0.0390. The Morgan fingerprint density at radius 2 is 2.50 bits per heavy atom. The Balaban J connectivity index is 2.23. The maximum atomic E-state index is 11.1. The number of aryl methyl sites for hydroxylation is 1. The van der Waals surface area contributed by atoms with E-state index in [0.29, 0.717) is 19.4 Å². The Morgan fingerprint density at radius 1 is 1.71 bits per heavy atom. The summed E-state index contributed by atoms with van der Waals surface area (Å²) in [5.41, 5.74) is 0.977. The second-order valence-corrected chi connectivity index (χ2v) is 3.13. The second kappa shape index (κ2) is 5.39. The van der Waals surface area contributed by atoms with Crippen LogP contribution in [0.3, 0.4) is 0 Å². The number of aliphatic hydroxyl groups is 1. The quantitative estimate of drug-likeness (QED) is 0.687. The number of aromatic nitrogens is 2. The molecule has 1 amide bonds. The molecule has 0 aliphatic heterocycles. The number of rotatable bonds is 5. The van der Waals surface area contributed by atoms with E-state index in [1.165, 1.54) is 0 Å². The fraction of sp³-hybridized carbons (Fsp3) is 0.556. The number of hydrogen-bond donors (Lipinski definition) is 2. The molecule has 0 aromatic carbocycles. The molecule has 0 fully saturated rings. The largest absolute Gasteiger partial charge is 0.396 e. The minimum Gasteiger partial charge on any atom is -0.396 e. The van der Waals surface area contributed by atoms with Crippen LogP contribution in [0, 0.1) is 0 Å². The van der Waals surface area contributed by atoms with E-state index in [-0.39, 0.29) is 12.5 Å². The average Bonchev–Trinajstić information content (AvgIpc) is 2.58. The van der Waals surface area contributed by atoms with Gasteiger partial charge in [-0.3, -0.25) is 9.48 Å². The first-order valence-electron chi connectivity index (χ1n) is 4.57. The molecule has 5 nitrogen and oxygen atoms in total. The van der Waals surface area contributed by atoms with Gasteiger partial charge in [-0.15, -0.1) is 0 Å². The van der Waals surface area contributed by atoms with Crippen LogP contribution in [0.4, 0.5) is 0 Å². The molecule has 1 aromatic rings. The molecular weight excluding hydrogens is 182 g/mol. The number of hydrogen-bond acceptors (Lipinski definition) is 3. The van der Waals surface area contributed by atoms with Crippen LogP contribution in [0.25, 0.3) is 0 Å². The molecule has 0 saturated heterocycles. The van der Waals surface area contributed by atoms with Gasteiger partial charge in [0.1, 0.15) is 0 Å². The smallest absolute Gasteiger partial charge is 0.220 e. The highest BCUT2D eigenvalue weighted by Crippen LogP contribution is 1.95. The number of nitrogens with zero attached hydrogens (tertiary/aromatic N) is 2. The molecule has 14 heavy (non-hydrogen) atoms. The van der Waals surface area contributed by atoms with Crippen LogP contribution in [0.1, 0.15) is 18.4 Å². The summed E-state index contributed by atoms with van der Waals surface area (Å²) in [5, 5.41) is 15.2. The van der Waals surface area contributed by atoms with Gasteiger partial charge in [0.05, 0.1) is 6.20 Å². The molecule has 0 unspecified atom stereocenters. The van der Waals surface area contributed by atoms with Crippen LogP contribution >= 0.6 is 0 Å². The van der Waals surface area contributed by atoms with Crippen molar-refractivity contribution < 1.29 is 9.90 Å². The summed E-state index contributed by atoms with van der Waals surface area (Å²) in [6.07, 6.45) is 4.45. The maximum Gasteiger partial charge on any atom is 0.220 e. The zero-order valence-corrected chi connectivity index (χ0v) is 8.23. The van der Waals surface area contributed by atoms with E-state index in [0.717, 1.165) is 5.56 Å². The number of carbonyl (C=O) groups excluding carboxylic acids is 1. The van der Waals surface area contributed by atoms with Crippen molar-refractivity contribution in [2.75, 3.05) is 6.61 Å². The summed E-state index contributed by atoms with van der Waals surface area (Å²) in [7, 11) is 1.83. The maximum absolute atomic E-state index is 11.1. The van der Waals surface area contributed by atoms with E-state index < -0.39 is 0 Å². The molecule has 0 bridgehead atoms. The lowest BCUT2D eigenvalue weighted by Crippen LogP contribution is -2.22. The minimum absolute atomic E-state index is 0.0390. The summed E-state index contributed by atoms with van der Waals surface area (Å²) in [6.45, 7) is 0.554. The van der Waals surface area contributed by atoms with Gasteiger partial charge in [-0.25, -0.2) is 0 Å². The van der Waals surface area contributed by atoms with E-state index in [2.05, 4.69) is 10.4 Å². The molecule has 0 radical (unpaired) electrons. The lowest BCUT2D eigenvalue weighted by Gasteiger charge is -2.01. The molecular formula is C9H15N3O2. The Hall–Kier alpha value is -1.36. The molecule has 78 valence electrons. The Kier molecular flexibility index (Phi) is 4.12. The molecule has 0 saturated carbocycles. The lowest BCUT2D eigenvalue weighted by molar-refractivity contribution is -0.121. The molecule has 1 rings (SSSR count). The van der Waals surface area contributed by atoms with E-state index in [1.807, 2.05) is 13.2 Å². The lowest BCUT2D eigenvalue weighted by atomic mass is 10.3. The van der Waals surface area contributed by atoms with Gasteiger partial charge in [0.15, 0.2) is 0 Å². The van der Waals surface area contributed by atoms with E-state index in [4.69, 9.17) is 5.11 Å². The van der Waals surface area contributed by atoms with Crippen LogP contribution in [-0.4, -0.2) is 27.4 Å². The first-order chi connectivity index (χ1) is 6.72. The molecule has 0 atom stereocenters. The number of aliphatic hydroxyl groups excluding tert-OH is 1. The molecule has 0 spiro atoms. The van der Waals surface area contributed by atoms with Crippen molar-refractivity contribution >= 4 is 5.91 Å². The van der Waals surface area contributed by atoms with Gasteiger partial charge in [0.25, 0.3) is 0 Å². The van der Waals surface area contributed by atoms with Crippen molar-refractivity contribution in [2.45, 2.75) is 19.4 Å². The van der Waals surface area contributed by atoms with E-state index in [9.17, 15) is 4.79 Å². The zero-order valence-electron chi connectivity index (χ0n) is 8.23. The Bertz CT molecular complexity index is 296. The monoisotopic (exact) mass is 197 g/mol. The third-order valence-electron chi connectivity index (χ3n) is 1.81. The fourth-order valence-corrected chi connectivity index (χ4v) is 1.09. The highest BCUT2D eigenvalue weighted by molar-refractivity contribution is 5.75. The molecule has 5 heteroatoms. The van der Waals surface area contributed by atoms with Crippen LogP contribution in [-0.2, 0) is 18.4 Å². The normalized spacial score (nSPS) is 10.1. The van der Waals surface area contributed by atoms with E-state index >= 15 is 0 Å². The van der Waals surface area contributed by atoms with Crippen molar-refractivity contribution in [3.8, 4) is 0 Å². The average molecular weight is 197 g/mol. The minimum atomic E-state index is -0.0390. The van der Waals surface area contributed by atoms with Gasteiger partial charge in [0, 0.05) is 38.4 Å². The van der Waals surface area contributed by atoms with Crippen LogP contribution in [0.2, 0.25) is 0 Å². The predicted molar refractivity (Wildman–Crippen MR) is 51.4 cm³/mol. The molecule has 0 aliphatic carbocycles. The summed E-state index contributed by atoms with van der Waals surface area (Å²) in [6, 6.07) is 0. The van der Waals surface area contributed by atoms with Gasteiger partial charge in [-0.05, 0) is 6.42 Å². The molecule has 1 heterocycles. The first-order valence-corrected chi connectivity index (χ1v) is 4.57. The van der Waals surface area contributed by atoms with E-state index in [1.54, 1.807) is 10.9 Å². The Labute approximate surface area is 82.7 Å². The zero-order chi connectivity index (χ0) is 10.4. The van der Waals surface area contributed by atoms with Crippen LogP contribution in [0.15, 0.2) is 12.4 Å². The van der Waals surface area contributed by atoms with Gasteiger partial charge in [-0.2, -0.15) is 5.10 Å². The molecule has 1 aromatic heterocycles. The van der Waals surface area contributed by atoms with Crippen molar-refractivity contribution in [1.29, 1.82) is 0 Å². The summed E-state index contributed by atoms with van der Waals surface area (Å²) in [4.78, 5) is 11.1. The standard InChI is InChI=1S/C9H15N3O2/c1-12-7-8(6-11-12)5-10-9(14)3-2-4-13/h6-7,13H,2-5H2,1H3,(H,10,14). The summed E-state index contributed by atoms with van der Waals surface area (Å²) < 4.78 is 1.69. The van der Waals surface area contributed by atoms with Gasteiger partial charge in [-0.1, -0.05) is 0 Å². The second-order valence-electron chi connectivity index (χ2n) is 3.13. The van der Waals surface area contributed by atoms with Gasteiger partial charge >= 0.3 is 0 Å². The molecule has 2 N–H and O–H groups in total. The third kappa shape index (κ3) is 3.57. The fourth-order valence-electron chi connectivity index (χ4n) is 1.09. The first kappa shape index (κ1) is 10.7. The SMILES string of the molecule is Cn1cc(CNC(=O)CCCO)cn1. The molecule has 0 aliphatic rings. The van der Waals surface area contributed by atoms with Crippen molar-refractivity contribution in [2.24, 2.45) is 7.05 Å². The third-order valence-corrected chi connectivity index (χ3v) is 1.81. The van der Waals surface area contributed by atoms with Crippen molar-refractivity contribution in [3.05, 3.63) is 18.0 Å². The number of nitrogens with one attached hydrogen (secondary N) is 1. The summed E-state index contributed by atoms with van der Waals surface area (Å²) >= 11 is 0. The highest BCUT2D eigenvalue weighted by atomic mass is 16.3. The van der Waals surface area contributed by atoms with Gasteiger partial charge < -0.3 is 10.4 Å². The van der Waals surface area contributed by atoms with Crippen molar-refractivity contribution in [3.63, 3.8) is 0 Å². The van der Waals surface area contributed by atoms with Crippen LogP contribution < -0.4 is 5.32 Å².